The molecule has 10 nitrogen and oxygen atoms in total. The monoisotopic (exact) mass is 659 g/mol. The molecule has 47 heavy (non-hydrogen) atoms. The Labute approximate surface area is 292 Å². The first-order chi connectivity index (χ1) is 21.9. The van der Waals surface area contributed by atoms with Gasteiger partial charge in [0.05, 0.1) is 31.3 Å². The molecule has 0 aliphatic rings. The number of carboxylic acids is 1. The number of methoxy groups -OCH3 is 1. The molecule has 0 aliphatic carbocycles. The summed E-state index contributed by atoms with van der Waals surface area (Å²) in [6, 6.07) is 13.9. The molecule has 1 amide bonds. The molecule has 4 N–H and O–H groups in total. The number of aliphatic hydroxyl groups excluding tert-OH is 2. The number of nitrogens with zero attached hydrogens (tertiary/aromatic N) is 2. The normalized spacial score (nSPS) is 12.3. The van der Waals surface area contributed by atoms with Crippen molar-refractivity contribution in [1.29, 1.82) is 0 Å². The SMILES string of the molecule is COC(=O)c1ccc(NC(=O)c2c(-c3ccc(F)cc3)c(-c3ccc(F)cc3)c(CC[C@@H](O)C[C@@H](O)CC(=O)O)n2C(C)C)nc1.[NaH]. The maximum atomic E-state index is 14.2. The molecule has 0 bridgehead atoms. The first-order valence-electron chi connectivity index (χ1n) is 14.6. The zero-order valence-corrected chi connectivity index (χ0v) is 25.5. The Morgan fingerprint density at radius 1 is 0.894 bits per heavy atom. The van der Waals surface area contributed by atoms with Gasteiger partial charge in [0.1, 0.15) is 23.1 Å². The van der Waals surface area contributed by atoms with Gasteiger partial charge in [-0.05, 0) is 80.6 Å². The molecular formula is C34H36F2N3NaO7. The van der Waals surface area contributed by atoms with Crippen LogP contribution in [0, 0.1) is 11.6 Å². The Morgan fingerprint density at radius 2 is 1.47 bits per heavy atom. The molecule has 0 spiro atoms. The van der Waals surface area contributed by atoms with Crippen molar-refractivity contribution in [1.82, 2.24) is 9.55 Å². The molecule has 0 unspecified atom stereocenters. The molecule has 0 fully saturated rings. The van der Waals surface area contributed by atoms with E-state index in [4.69, 9.17) is 9.84 Å². The van der Waals surface area contributed by atoms with Gasteiger partial charge in [-0.1, -0.05) is 24.3 Å². The third kappa shape index (κ3) is 9.33. The van der Waals surface area contributed by atoms with Gasteiger partial charge in [0.15, 0.2) is 0 Å². The zero-order valence-electron chi connectivity index (χ0n) is 25.5. The molecule has 2 aromatic heterocycles. The standard InChI is InChI=1S/C34H35F2N3O7.Na.H/c1-19(2)39-27(14-13-25(40)16-26(41)17-29(42)43)30(20-4-9-23(35)10-5-20)31(21-6-11-24(36)12-7-21)32(39)33(44)38-28-15-8-22(18-37-28)34(45)46-3;;/h4-12,15,18-19,25-26,40-41H,13-14,16-17H2,1-3H3,(H,42,43)(H,37,38,44);;/t25-,26-;;/m1../s1. The van der Waals surface area contributed by atoms with Gasteiger partial charge in [-0.2, -0.15) is 0 Å². The Balaban J connectivity index is 0.00000600. The van der Waals surface area contributed by atoms with Crippen LogP contribution < -0.4 is 5.32 Å². The van der Waals surface area contributed by atoms with Crippen LogP contribution in [0.15, 0.2) is 66.9 Å². The van der Waals surface area contributed by atoms with E-state index >= 15 is 0 Å². The predicted octanol–water partition coefficient (Wildman–Crippen LogP) is 4.99. The van der Waals surface area contributed by atoms with Gasteiger partial charge in [0.25, 0.3) is 5.91 Å². The number of rotatable bonds is 13. The van der Waals surface area contributed by atoms with Crippen molar-refractivity contribution < 1.29 is 43.2 Å². The molecule has 0 aliphatic heterocycles. The van der Waals surface area contributed by atoms with E-state index in [2.05, 4.69) is 10.3 Å². The second-order valence-electron chi connectivity index (χ2n) is 11.1. The number of hydrogen-bond acceptors (Lipinski definition) is 7. The fourth-order valence-electron chi connectivity index (χ4n) is 5.40. The van der Waals surface area contributed by atoms with Crippen molar-refractivity contribution in [3.05, 3.63) is 95.4 Å². The Kier molecular flexibility index (Phi) is 13.4. The fourth-order valence-corrected chi connectivity index (χ4v) is 5.40. The van der Waals surface area contributed by atoms with Gasteiger partial charge in [0, 0.05) is 29.1 Å². The first kappa shape index (κ1) is 37.5. The fraction of sp³-hybridized carbons (Fsp3) is 0.294. The van der Waals surface area contributed by atoms with Crippen molar-refractivity contribution >= 4 is 53.2 Å². The van der Waals surface area contributed by atoms with Crippen molar-refractivity contribution in [3.8, 4) is 22.3 Å². The molecule has 13 heteroatoms. The quantitative estimate of drug-likeness (QED) is 0.116. The van der Waals surface area contributed by atoms with Crippen molar-refractivity contribution in [3.63, 3.8) is 0 Å². The molecule has 4 aromatic rings. The number of esters is 1. The Hall–Kier alpha value is -3.94. The number of carboxylic acid groups (broad SMARTS) is 1. The third-order valence-corrected chi connectivity index (χ3v) is 7.40. The number of pyridine rings is 1. The molecule has 0 radical (unpaired) electrons. The number of aliphatic carboxylic acids is 1. The van der Waals surface area contributed by atoms with Gasteiger partial charge >= 0.3 is 41.5 Å². The van der Waals surface area contributed by atoms with Crippen molar-refractivity contribution in [2.75, 3.05) is 12.4 Å². The first-order valence-corrected chi connectivity index (χ1v) is 14.6. The molecule has 2 atom stereocenters. The van der Waals surface area contributed by atoms with Crippen LogP contribution in [-0.2, 0) is 16.0 Å². The molecule has 244 valence electrons. The summed E-state index contributed by atoms with van der Waals surface area (Å²) >= 11 is 0. The number of halogens is 2. The number of anilines is 1. The van der Waals surface area contributed by atoms with E-state index in [-0.39, 0.29) is 71.9 Å². The Bertz CT molecular complexity index is 1690. The molecular weight excluding hydrogens is 623 g/mol. The van der Waals surface area contributed by atoms with Gasteiger partial charge in [0.2, 0.25) is 0 Å². The number of benzene rings is 2. The average Bonchev–Trinajstić information content (AvgIpc) is 3.36. The van der Waals surface area contributed by atoms with E-state index in [0.29, 0.717) is 27.9 Å². The van der Waals surface area contributed by atoms with Crippen LogP contribution in [0.25, 0.3) is 22.3 Å². The summed E-state index contributed by atoms with van der Waals surface area (Å²) in [5, 5.41) is 32.6. The maximum absolute atomic E-state index is 14.2. The number of ether oxygens (including phenoxy) is 1. The van der Waals surface area contributed by atoms with Crippen LogP contribution in [0.1, 0.15) is 65.7 Å². The third-order valence-electron chi connectivity index (χ3n) is 7.40. The van der Waals surface area contributed by atoms with Gasteiger partial charge in [-0.25, -0.2) is 18.6 Å². The zero-order chi connectivity index (χ0) is 33.5. The minimum atomic E-state index is -1.25. The summed E-state index contributed by atoms with van der Waals surface area (Å²) in [6.07, 6.45) is -1.48. The van der Waals surface area contributed by atoms with E-state index in [1.165, 1.54) is 61.8 Å². The average molecular weight is 660 g/mol. The van der Waals surface area contributed by atoms with Crippen LogP contribution in [0.5, 0.6) is 0 Å². The minimum absolute atomic E-state index is 0. The number of carbonyl (C=O) groups is 3. The van der Waals surface area contributed by atoms with Crippen molar-refractivity contribution in [2.24, 2.45) is 0 Å². The van der Waals surface area contributed by atoms with Crippen LogP contribution in [0.2, 0.25) is 0 Å². The van der Waals surface area contributed by atoms with E-state index in [9.17, 15) is 33.4 Å². The van der Waals surface area contributed by atoms with E-state index < -0.39 is 48.1 Å². The number of amides is 1. The van der Waals surface area contributed by atoms with Crippen LogP contribution >= 0.6 is 0 Å². The summed E-state index contributed by atoms with van der Waals surface area (Å²) in [7, 11) is 1.24. The molecule has 4 rings (SSSR count). The van der Waals surface area contributed by atoms with E-state index in [1.807, 2.05) is 13.8 Å². The van der Waals surface area contributed by atoms with Gasteiger partial charge in [-0.3, -0.25) is 9.59 Å². The Morgan fingerprint density at radius 3 is 1.96 bits per heavy atom. The number of nitrogens with one attached hydrogen (secondary N) is 1. The summed E-state index contributed by atoms with van der Waals surface area (Å²) < 4.78 is 34.7. The van der Waals surface area contributed by atoms with Crippen LogP contribution in [0.3, 0.4) is 0 Å². The van der Waals surface area contributed by atoms with E-state index in [0.717, 1.165) is 0 Å². The summed E-state index contributed by atoms with van der Waals surface area (Å²) in [5.41, 5.74) is 3.02. The number of hydrogen-bond donors (Lipinski definition) is 4. The molecule has 2 heterocycles. The van der Waals surface area contributed by atoms with Gasteiger partial charge in [-0.15, -0.1) is 0 Å². The summed E-state index contributed by atoms with van der Waals surface area (Å²) in [4.78, 5) is 41.2. The summed E-state index contributed by atoms with van der Waals surface area (Å²) in [6.45, 7) is 3.72. The molecule has 0 saturated carbocycles. The number of aromatic nitrogens is 2. The van der Waals surface area contributed by atoms with Crippen LogP contribution in [-0.4, -0.2) is 91.6 Å². The molecule has 2 aromatic carbocycles. The second kappa shape index (κ2) is 16.8. The topological polar surface area (TPSA) is 151 Å². The number of aliphatic hydroxyl groups is 2. The van der Waals surface area contributed by atoms with E-state index in [1.54, 1.807) is 16.7 Å². The number of carbonyl (C=O) groups excluding carboxylic acids is 2. The predicted molar refractivity (Wildman–Crippen MR) is 173 cm³/mol. The van der Waals surface area contributed by atoms with Crippen LogP contribution in [0.4, 0.5) is 14.6 Å². The van der Waals surface area contributed by atoms with Crippen molar-refractivity contribution in [2.45, 2.75) is 57.8 Å². The molecule has 0 saturated heterocycles. The van der Waals surface area contributed by atoms with Gasteiger partial charge < -0.3 is 29.9 Å². The summed E-state index contributed by atoms with van der Waals surface area (Å²) in [5.74, 6) is -3.17. The second-order valence-corrected chi connectivity index (χ2v) is 11.1.